The Bertz CT molecular complexity index is 1670. The summed E-state index contributed by atoms with van der Waals surface area (Å²) in [6.45, 7) is 2.08. The Morgan fingerprint density at radius 2 is 1.87 bits per heavy atom. The van der Waals surface area contributed by atoms with E-state index in [1.807, 2.05) is 18.3 Å². The van der Waals surface area contributed by atoms with Crippen LogP contribution in [-0.4, -0.2) is 37.5 Å². The molecular formula is C36H47N7OS. The number of hydrogen-bond donors (Lipinski definition) is 5. The predicted molar refractivity (Wildman–Crippen MR) is 187 cm³/mol. The lowest BCUT2D eigenvalue weighted by Gasteiger charge is -2.31. The van der Waals surface area contributed by atoms with E-state index in [1.54, 1.807) is 4.57 Å². The van der Waals surface area contributed by atoms with Gasteiger partial charge in [0.2, 0.25) is 0 Å². The fourth-order valence-corrected chi connectivity index (χ4v) is 7.79. The third-order valence-electron chi connectivity index (χ3n) is 9.57. The standard InChI is InChI=1S/C36H47N7OS/c1-23(37)6-4-7-24-18-27(25-8-2-3-9-25)20-28(19-24)33-21-29-22-43(36(44)42-34(29)41-33)31-14-12-26(13-15-31)32-11-5-10-30(40-32)16-17-45-35(38)39/h12-15,18-23,25,30,32,40H,2-11,16-17,37H2,1H3,(H3,38,39)(H,41,42,44)/t23-,30-,32-/m0/s1. The summed E-state index contributed by atoms with van der Waals surface area (Å²) in [5.41, 5.74) is 18.9. The molecule has 45 heavy (non-hydrogen) atoms. The zero-order valence-corrected chi connectivity index (χ0v) is 27.2. The number of rotatable bonds is 11. The van der Waals surface area contributed by atoms with Crippen LogP contribution in [0.15, 0.2) is 59.5 Å². The van der Waals surface area contributed by atoms with E-state index < -0.39 is 0 Å². The van der Waals surface area contributed by atoms with Crippen LogP contribution in [0, 0.1) is 5.41 Å². The third kappa shape index (κ3) is 7.88. The molecule has 1 aliphatic heterocycles. The number of nitrogens with zero attached hydrogens (tertiary/aromatic N) is 2. The van der Waals surface area contributed by atoms with Crippen LogP contribution >= 0.6 is 11.8 Å². The highest BCUT2D eigenvalue weighted by atomic mass is 32.2. The zero-order chi connectivity index (χ0) is 31.3. The molecule has 6 rings (SSSR count). The summed E-state index contributed by atoms with van der Waals surface area (Å²) < 4.78 is 1.65. The van der Waals surface area contributed by atoms with Gasteiger partial charge in [0.1, 0.15) is 5.65 Å². The Morgan fingerprint density at radius 1 is 1.07 bits per heavy atom. The van der Waals surface area contributed by atoms with Crippen molar-refractivity contribution >= 4 is 28.0 Å². The normalized spacial score (nSPS) is 19.7. The molecule has 3 heterocycles. The van der Waals surface area contributed by atoms with Crippen LogP contribution in [0.5, 0.6) is 0 Å². The second kappa shape index (κ2) is 14.4. The van der Waals surface area contributed by atoms with Gasteiger partial charge in [-0.2, -0.15) is 4.98 Å². The maximum Gasteiger partial charge on any atom is 0.354 e. The molecule has 2 aromatic heterocycles. The Balaban J connectivity index is 1.22. The Labute approximate surface area is 270 Å². The molecule has 2 aliphatic rings. The fourth-order valence-electron chi connectivity index (χ4n) is 7.16. The number of H-pyrrole nitrogens is 1. The van der Waals surface area contributed by atoms with Crippen LogP contribution in [0.3, 0.4) is 0 Å². The van der Waals surface area contributed by atoms with Gasteiger partial charge >= 0.3 is 5.69 Å². The van der Waals surface area contributed by atoms with Gasteiger partial charge in [-0.25, -0.2) is 4.79 Å². The molecule has 0 radical (unpaired) electrons. The molecule has 1 aliphatic carbocycles. The molecule has 0 spiro atoms. The van der Waals surface area contributed by atoms with E-state index in [4.69, 9.17) is 16.9 Å². The molecule has 8 nitrogen and oxygen atoms in total. The average Bonchev–Trinajstić information content (AvgIpc) is 3.71. The van der Waals surface area contributed by atoms with E-state index in [1.165, 1.54) is 60.6 Å². The zero-order valence-electron chi connectivity index (χ0n) is 26.4. The first-order chi connectivity index (χ1) is 21.8. The van der Waals surface area contributed by atoms with Gasteiger partial charge in [-0.1, -0.05) is 49.2 Å². The number of benzene rings is 2. The van der Waals surface area contributed by atoms with E-state index in [0.29, 0.717) is 17.6 Å². The van der Waals surface area contributed by atoms with Crippen LogP contribution in [0.2, 0.25) is 0 Å². The summed E-state index contributed by atoms with van der Waals surface area (Å²) >= 11 is 1.41. The molecule has 0 amide bonds. The summed E-state index contributed by atoms with van der Waals surface area (Å²) in [7, 11) is 0. The number of aromatic amines is 1. The van der Waals surface area contributed by atoms with Gasteiger partial charge in [0.25, 0.3) is 0 Å². The molecule has 9 heteroatoms. The van der Waals surface area contributed by atoms with E-state index in [0.717, 1.165) is 66.6 Å². The van der Waals surface area contributed by atoms with E-state index in [2.05, 4.69) is 58.6 Å². The first-order valence-electron chi connectivity index (χ1n) is 16.7. The van der Waals surface area contributed by atoms with Gasteiger partial charge in [0.05, 0.1) is 5.69 Å². The summed E-state index contributed by atoms with van der Waals surface area (Å²) in [5.74, 6) is 1.48. The van der Waals surface area contributed by atoms with Crippen LogP contribution in [0.1, 0.15) is 99.8 Å². The fraction of sp³-hybridized carbons (Fsp3) is 0.472. The minimum atomic E-state index is -0.293. The summed E-state index contributed by atoms with van der Waals surface area (Å²) in [6, 6.07) is 18.4. The summed E-state index contributed by atoms with van der Waals surface area (Å²) in [6.07, 6.45) is 14.5. The number of hydrogen-bond acceptors (Lipinski definition) is 6. The number of thioether (sulfide) groups is 1. The van der Waals surface area contributed by atoms with Crippen molar-refractivity contribution in [3.8, 4) is 16.9 Å². The van der Waals surface area contributed by atoms with Crippen molar-refractivity contribution in [2.75, 3.05) is 5.75 Å². The largest absolute Gasteiger partial charge is 0.379 e. The number of nitrogens with one attached hydrogen (secondary N) is 3. The minimum absolute atomic E-state index is 0.183. The number of piperidine rings is 1. The number of fused-ring (bicyclic) bond motifs is 1. The topological polar surface area (TPSA) is 139 Å². The molecule has 2 aromatic carbocycles. The van der Waals surface area contributed by atoms with Crippen molar-refractivity contribution in [3.63, 3.8) is 0 Å². The van der Waals surface area contributed by atoms with E-state index >= 15 is 0 Å². The minimum Gasteiger partial charge on any atom is -0.379 e. The summed E-state index contributed by atoms with van der Waals surface area (Å²) in [4.78, 5) is 21.1. The van der Waals surface area contributed by atoms with Crippen molar-refractivity contribution in [3.05, 3.63) is 81.9 Å². The van der Waals surface area contributed by atoms with Crippen molar-refractivity contribution in [1.29, 1.82) is 5.41 Å². The molecule has 0 unspecified atom stereocenters. The highest BCUT2D eigenvalue weighted by Gasteiger charge is 2.23. The van der Waals surface area contributed by atoms with Crippen LogP contribution in [-0.2, 0) is 6.42 Å². The SMILES string of the molecule is C[C@H](N)CCCc1cc(-c2cc3cn(-c4ccc([C@@H]5CCC[C@@H](CCSC(=N)N)N5)cc4)c(=O)nc3[nH]2)cc(C2CCCC2)c1. The monoisotopic (exact) mass is 625 g/mol. The molecule has 0 bridgehead atoms. The quantitative estimate of drug-likeness (QED) is 0.0907. The van der Waals surface area contributed by atoms with Crippen molar-refractivity contribution in [2.45, 2.75) is 102 Å². The lowest BCUT2D eigenvalue weighted by Crippen LogP contribution is -2.37. The number of aryl methyl sites for hydroxylation is 1. The Morgan fingerprint density at radius 3 is 2.62 bits per heavy atom. The van der Waals surface area contributed by atoms with E-state index in [9.17, 15) is 4.79 Å². The second-order valence-electron chi connectivity index (χ2n) is 13.1. The number of nitrogens with two attached hydrogens (primary N) is 2. The average molecular weight is 626 g/mol. The molecular weight excluding hydrogens is 579 g/mol. The molecule has 4 aromatic rings. The van der Waals surface area contributed by atoms with Crippen molar-refractivity contribution in [1.82, 2.24) is 19.9 Å². The predicted octanol–water partition coefficient (Wildman–Crippen LogP) is 6.91. The summed E-state index contributed by atoms with van der Waals surface area (Å²) in [5, 5.41) is 12.3. The number of amidine groups is 1. The first kappa shape index (κ1) is 31.6. The van der Waals surface area contributed by atoms with E-state index in [-0.39, 0.29) is 22.9 Å². The second-order valence-corrected chi connectivity index (χ2v) is 14.3. The lowest BCUT2D eigenvalue weighted by molar-refractivity contribution is 0.320. The Kier molecular flexibility index (Phi) is 10.1. The van der Waals surface area contributed by atoms with Gasteiger partial charge in [-0.3, -0.25) is 9.98 Å². The van der Waals surface area contributed by atoms with Gasteiger partial charge < -0.3 is 21.8 Å². The molecule has 1 saturated carbocycles. The highest BCUT2D eigenvalue weighted by molar-refractivity contribution is 8.13. The molecule has 1 saturated heterocycles. The maximum atomic E-state index is 13.2. The lowest BCUT2D eigenvalue weighted by atomic mass is 9.91. The molecule has 7 N–H and O–H groups in total. The van der Waals surface area contributed by atoms with Crippen LogP contribution < -0.4 is 22.5 Å². The van der Waals surface area contributed by atoms with Crippen molar-refractivity contribution < 1.29 is 0 Å². The van der Waals surface area contributed by atoms with Crippen LogP contribution in [0.25, 0.3) is 28.0 Å². The Hall–Kier alpha value is -3.40. The first-order valence-corrected chi connectivity index (χ1v) is 17.7. The van der Waals surface area contributed by atoms with Crippen molar-refractivity contribution in [2.24, 2.45) is 11.5 Å². The molecule has 238 valence electrons. The molecule has 2 fully saturated rings. The van der Waals surface area contributed by atoms with Gasteiger partial charge in [0.15, 0.2) is 5.17 Å². The third-order valence-corrected chi connectivity index (χ3v) is 10.3. The van der Waals surface area contributed by atoms with Gasteiger partial charge in [0, 0.05) is 41.2 Å². The number of aromatic nitrogens is 3. The molecule has 3 atom stereocenters. The maximum absolute atomic E-state index is 13.2. The van der Waals surface area contributed by atoms with Gasteiger partial charge in [-0.15, -0.1) is 0 Å². The van der Waals surface area contributed by atoms with Gasteiger partial charge in [-0.05, 0) is 117 Å². The smallest absolute Gasteiger partial charge is 0.354 e. The van der Waals surface area contributed by atoms with Crippen LogP contribution in [0.4, 0.5) is 0 Å². The highest BCUT2D eigenvalue weighted by Crippen LogP contribution is 2.37.